The van der Waals surface area contributed by atoms with Crippen LogP contribution in [0.2, 0.25) is 0 Å². The van der Waals surface area contributed by atoms with Crippen molar-refractivity contribution in [3.05, 3.63) is 17.0 Å². The number of carbonyl (C=O) groups is 1. The van der Waals surface area contributed by atoms with E-state index in [0.29, 0.717) is 12.2 Å². The number of carboxylic acids is 1. The van der Waals surface area contributed by atoms with Crippen LogP contribution in [0.25, 0.3) is 0 Å². The van der Waals surface area contributed by atoms with Gasteiger partial charge in [0, 0.05) is 12.7 Å². The highest BCUT2D eigenvalue weighted by molar-refractivity contribution is 9.10. The zero-order valence-corrected chi connectivity index (χ0v) is 9.51. The summed E-state index contributed by atoms with van der Waals surface area (Å²) >= 11 is 3.32. The van der Waals surface area contributed by atoms with Crippen LogP contribution in [0.1, 0.15) is 12.8 Å². The molecule has 0 aromatic carbocycles. The summed E-state index contributed by atoms with van der Waals surface area (Å²) in [6.07, 6.45) is 4.61. The summed E-state index contributed by atoms with van der Waals surface area (Å²) in [4.78, 5) is 20.7. The molecule has 80 valence electrons. The number of nitrogens with zero attached hydrogens (tertiary/aromatic N) is 3. The van der Waals surface area contributed by atoms with E-state index < -0.39 is 12.0 Å². The predicted molar refractivity (Wildman–Crippen MR) is 57.7 cm³/mol. The Hall–Kier alpha value is -1.17. The molecule has 0 bridgehead atoms. The van der Waals surface area contributed by atoms with Crippen LogP contribution in [0.5, 0.6) is 0 Å². The Morgan fingerprint density at radius 2 is 2.47 bits per heavy atom. The SMILES string of the molecule is O=C(O)[C@H]1CCCN1c1ncncc1Br. The van der Waals surface area contributed by atoms with Crippen molar-refractivity contribution < 1.29 is 9.90 Å². The van der Waals surface area contributed by atoms with Crippen molar-refractivity contribution >= 4 is 27.7 Å². The fraction of sp³-hybridized carbons (Fsp3) is 0.444. The number of anilines is 1. The van der Waals surface area contributed by atoms with Gasteiger partial charge in [0.1, 0.15) is 18.2 Å². The molecule has 2 heterocycles. The summed E-state index contributed by atoms with van der Waals surface area (Å²) in [5.41, 5.74) is 0. The van der Waals surface area contributed by atoms with Gasteiger partial charge in [0.15, 0.2) is 0 Å². The van der Waals surface area contributed by atoms with E-state index in [9.17, 15) is 4.79 Å². The Kier molecular flexibility index (Phi) is 2.86. The van der Waals surface area contributed by atoms with Crippen molar-refractivity contribution in [3.8, 4) is 0 Å². The van der Waals surface area contributed by atoms with Crippen molar-refractivity contribution in [2.24, 2.45) is 0 Å². The first-order chi connectivity index (χ1) is 7.20. The zero-order valence-electron chi connectivity index (χ0n) is 7.93. The highest BCUT2D eigenvalue weighted by Gasteiger charge is 2.32. The lowest BCUT2D eigenvalue weighted by molar-refractivity contribution is -0.138. The maximum Gasteiger partial charge on any atom is 0.326 e. The molecule has 1 saturated heterocycles. The minimum atomic E-state index is -0.794. The van der Waals surface area contributed by atoms with Crippen LogP contribution in [-0.4, -0.2) is 33.6 Å². The summed E-state index contributed by atoms with van der Waals surface area (Å²) in [6, 6.07) is -0.462. The van der Waals surface area contributed by atoms with E-state index in [0.717, 1.165) is 17.4 Å². The van der Waals surface area contributed by atoms with Gasteiger partial charge in [-0.3, -0.25) is 0 Å². The third-order valence-electron chi connectivity index (χ3n) is 2.46. The molecule has 0 aliphatic carbocycles. The Bertz CT molecular complexity index is 385. The van der Waals surface area contributed by atoms with E-state index in [1.165, 1.54) is 6.33 Å². The third kappa shape index (κ3) is 1.94. The molecular formula is C9H10BrN3O2. The Morgan fingerprint density at radius 3 is 3.13 bits per heavy atom. The lowest BCUT2D eigenvalue weighted by atomic mass is 10.2. The molecule has 1 aliphatic heterocycles. The quantitative estimate of drug-likeness (QED) is 0.878. The van der Waals surface area contributed by atoms with Gasteiger partial charge in [-0.1, -0.05) is 0 Å². The van der Waals surface area contributed by atoms with E-state index in [4.69, 9.17) is 5.11 Å². The second-order valence-corrected chi connectivity index (χ2v) is 4.24. The number of rotatable bonds is 2. The Morgan fingerprint density at radius 1 is 1.67 bits per heavy atom. The highest BCUT2D eigenvalue weighted by atomic mass is 79.9. The molecule has 0 amide bonds. The maximum absolute atomic E-state index is 11.0. The van der Waals surface area contributed by atoms with Gasteiger partial charge < -0.3 is 10.0 Å². The molecule has 1 N–H and O–H groups in total. The van der Waals surface area contributed by atoms with E-state index in [1.807, 2.05) is 0 Å². The lowest BCUT2D eigenvalue weighted by Crippen LogP contribution is -2.36. The topological polar surface area (TPSA) is 66.3 Å². The van der Waals surface area contributed by atoms with Gasteiger partial charge in [0.25, 0.3) is 0 Å². The lowest BCUT2D eigenvalue weighted by Gasteiger charge is -2.22. The Labute approximate surface area is 95.3 Å². The van der Waals surface area contributed by atoms with Crippen LogP contribution in [-0.2, 0) is 4.79 Å². The molecule has 1 atom stereocenters. The summed E-state index contributed by atoms with van der Waals surface area (Å²) in [5, 5.41) is 9.04. The van der Waals surface area contributed by atoms with Gasteiger partial charge in [-0.25, -0.2) is 14.8 Å². The van der Waals surface area contributed by atoms with Crippen molar-refractivity contribution in [1.29, 1.82) is 0 Å². The van der Waals surface area contributed by atoms with Gasteiger partial charge >= 0.3 is 5.97 Å². The van der Waals surface area contributed by atoms with Crippen LogP contribution in [0.3, 0.4) is 0 Å². The number of halogens is 1. The minimum absolute atomic E-state index is 0.462. The van der Waals surface area contributed by atoms with Gasteiger partial charge in [-0.05, 0) is 28.8 Å². The molecule has 5 nitrogen and oxygen atoms in total. The maximum atomic E-state index is 11.0. The standard InChI is InChI=1S/C9H10BrN3O2/c10-6-4-11-5-12-8(6)13-3-1-2-7(13)9(14)15/h4-5,7H,1-3H2,(H,14,15)/t7-/m1/s1. The van der Waals surface area contributed by atoms with Crippen LogP contribution >= 0.6 is 15.9 Å². The first-order valence-electron chi connectivity index (χ1n) is 4.65. The predicted octanol–water partition coefficient (Wildman–Crippen LogP) is 1.29. The minimum Gasteiger partial charge on any atom is -0.480 e. The molecule has 1 fully saturated rings. The largest absolute Gasteiger partial charge is 0.480 e. The first-order valence-corrected chi connectivity index (χ1v) is 5.44. The van der Waals surface area contributed by atoms with Crippen molar-refractivity contribution in [2.75, 3.05) is 11.4 Å². The summed E-state index contributed by atoms with van der Waals surface area (Å²) in [5.74, 6) is -0.132. The summed E-state index contributed by atoms with van der Waals surface area (Å²) in [6.45, 7) is 0.729. The van der Waals surface area contributed by atoms with E-state index in [2.05, 4.69) is 25.9 Å². The molecule has 0 radical (unpaired) electrons. The highest BCUT2D eigenvalue weighted by Crippen LogP contribution is 2.29. The fourth-order valence-electron chi connectivity index (χ4n) is 1.79. The summed E-state index contributed by atoms with van der Waals surface area (Å²) < 4.78 is 0.734. The number of carboxylic acid groups (broad SMARTS) is 1. The molecule has 6 heteroatoms. The molecular weight excluding hydrogens is 262 g/mol. The zero-order chi connectivity index (χ0) is 10.8. The van der Waals surface area contributed by atoms with Gasteiger partial charge in [-0.2, -0.15) is 0 Å². The third-order valence-corrected chi connectivity index (χ3v) is 3.02. The molecule has 2 rings (SSSR count). The van der Waals surface area contributed by atoms with Crippen molar-refractivity contribution in [1.82, 2.24) is 9.97 Å². The molecule has 0 saturated carbocycles. The van der Waals surface area contributed by atoms with Crippen LogP contribution in [0, 0.1) is 0 Å². The molecule has 1 aromatic heterocycles. The van der Waals surface area contributed by atoms with Gasteiger partial charge in [-0.15, -0.1) is 0 Å². The number of hydrogen-bond donors (Lipinski definition) is 1. The van der Waals surface area contributed by atoms with E-state index in [1.54, 1.807) is 11.1 Å². The smallest absolute Gasteiger partial charge is 0.326 e. The number of aromatic nitrogens is 2. The molecule has 15 heavy (non-hydrogen) atoms. The van der Waals surface area contributed by atoms with Gasteiger partial charge in [0.05, 0.1) is 4.47 Å². The first kappa shape index (κ1) is 10.4. The number of aliphatic carboxylic acids is 1. The van der Waals surface area contributed by atoms with E-state index >= 15 is 0 Å². The molecule has 1 aromatic rings. The fourth-order valence-corrected chi connectivity index (χ4v) is 2.24. The normalized spacial score (nSPS) is 20.6. The Balaban J connectivity index is 2.30. The van der Waals surface area contributed by atoms with Crippen molar-refractivity contribution in [2.45, 2.75) is 18.9 Å². The van der Waals surface area contributed by atoms with E-state index in [-0.39, 0.29) is 0 Å². The summed E-state index contributed by atoms with van der Waals surface area (Å²) in [7, 11) is 0. The molecule has 0 unspecified atom stereocenters. The van der Waals surface area contributed by atoms with Crippen LogP contribution < -0.4 is 4.90 Å². The molecule has 1 aliphatic rings. The van der Waals surface area contributed by atoms with Gasteiger partial charge in [0.2, 0.25) is 0 Å². The number of hydrogen-bond acceptors (Lipinski definition) is 4. The average molecular weight is 272 g/mol. The molecule has 0 spiro atoms. The van der Waals surface area contributed by atoms with Crippen LogP contribution in [0.15, 0.2) is 17.0 Å². The van der Waals surface area contributed by atoms with Crippen LogP contribution in [0.4, 0.5) is 5.82 Å². The second-order valence-electron chi connectivity index (χ2n) is 3.38. The van der Waals surface area contributed by atoms with Crippen molar-refractivity contribution in [3.63, 3.8) is 0 Å². The average Bonchev–Trinajstić information content (AvgIpc) is 2.67. The second kappa shape index (κ2) is 4.14. The monoisotopic (exact) mass is 271 g/mol.